The second-order valence-electron chi connectivity index (χ2n) is 4.71. The summed E-state index contributed by atoms with van der Waals surface area (Å²) in [4.78, 5) is 11.4. The Morgan fingerprint density at radius 3 is 2.58 bits per heavy atom. The minimum Gasteiger partial charge on any atom is -0.467 e. The third-order valence-corrected chi connectivity index (χ3v) is 3.82. The van der Waals surface area contributed by atoms with Crippen LogP contribution in [0.2, 0.25) is 5.02 Å². The summed E-state index contributed by atoms with van der Waals surface area (Å²) in [5, 5.41) is 10.1. The van der Waals surface area contributed by atoms with Crippen LogP contribution in [0.3, 0.4) is 0 Å². The van der Waals surface area contributed by atoms with Gasteiger partial charge in [-0.3, -0.25) is 0 Å². The molecule has 1 aliphatic heterocycles. The van der Waals surface area contributed by atoms with Gasteiger partial charge in [-0.15, -0.1) is 0 Å². The van der Waals surface area contributed by atoms with Crippen LogP contribution >= 0.6 is 11.6 Å². The molecule has 1 aliphatic carbocycles. The fourth-order valence-electron chi connectivity index (χ4n) is 2.25. The van der Waals surface area contributed by atoms with Crippen molar-refractivity contribution in [1.29, 1.82) is 0 Å². The zero-order chi connectivity index (χ0) is 13.6. The first-order valence-corrected chi connectivity index (χ1v) is 6.40. The van der Waals surface area contributed by atoms with E-state index in [9.17, 15) is 9.90 Å². The number of rotatable bonds is 2. The molecule has 102 valence electrons. The van der Waals surface area contributed by atoms with Gasteiger partial charge >= 0.3 is 5.97 Å². The molecule has 1 N–H and O–H groups in total. The molecule has 1 heterocycles. The third kappa shape index (κ3) is 1.93. The molecule has 0 amide bonds. The molecule has 1 aromatic carbocycles. The third-order valence-electron chi connectivity index (χ3n) is 3.49. The monoisotopic (exact) mass is 284 g/mol. The van der Waals surface area contributed by atoms with Crippen molar-refractivity contribution in [2.45, 2.75) is 31.2 Å². The maximum absolute atomic E-state index is 11.4. The summed E-state index contributed by atoms with van der Waals surface area (Å²) in [6.07, 6.45) is 1.28. The van der Waals surface area contributed by atoms with E-state index in [1.54, 1.807) is 6.07 Å². The first-order chi connectivity index (χ1) is 9.04. The number of aliphatic hydroxyl groups excluding tert-OH is 1. The molecule has 6 heteroatoms. The number of halogens is 1. The molecule has 0 saturated heterocycles. The van der Waals surface area contributed by atoms with Crippen LogP contribution in [-0.4, -0.2) is 24.0 Å². The van der Waals surface area contributed by atoms with Crippen LogP contribution in [0.4, 0.5) is 0 Å². The largest absolute Gasteiger partial charge is 0.467 e. The molecule has 1 fully saturated rings. The van der Waals surface area contributed by atoms with E-state index < -0.39 is 17.9 Å². The van der Waals surface area contributed by atoms with Gasteiger partial charge in [-0.05, 0) is 12.5 Å². The van der Waals surface area contributed by atoms with E-state index in [0.717, 1.165) is 19.3 Å². The van der Waals surface area contributed by atoms with E-state index in [-0.39, 0.29) is 10.6 Å². The van der Waals surface area contributed by atoms with Gasteiger partial charge in [-0.1, -0.05) is 11.6 Å². The number of ether oxygens (including phenoxy) is 3. The van der Waals surface area contributed by atoms with Gasteiger partial charge in [0.25, 0.3) is 5.79 Å². The van der Waals surface area contributed by atoms with Gasteiger partial charge in [-0.2, -0.15) is 0 Å². The predicted molar refractivity (Wildman–Crippen MR) is 66.3 cm³/mol. The van der Waals surface area contributed by atoms with Crippen molar-refractivity contribution in [1.82, 2.24) is 0 Å². The van der Waals surface area contributed by atoms with Crippen LogP contribution in [0.25, 0.3) is 0 Å². The standard InChI is InChI=1S/C13H13ClO5/c1-17-12(16)11(15)7-5-9-10(6-8(7)14)19-13(18-9)3-2-4-13/h5-6,11,15H,2-4H2,1H3. The first kappa shape index (κ1) is 12.6. The minimum absolute atomic E-state index is 0.247. The maximum atomic E-state index is 11.4. The van der Waals surface area contributed by atoms with Crippen molar-refractivity contribution in [2.24, 2.45) is 0 Å². The Balaban J connectivity index is 1.93. The molecule has 2 aliphatic rings. The highest BCUT2D eigenvalue weighted by Gasteiger charge is 2.47. The van der Waals surface area contributed by atoms with Gasteiger partial charge in [-0.25, -0.2) is 4.79 Å². The van der Waals surface area contributed by atoms with Gasteiger partial charge in [0.15, 0.2) is 17.6 Å². The van der Waals surface area contributed by atoms with Crippen molar-refractivity contribution in [3.05, 3.63) is 22.7 Å². The Labute approximate surface area is 115 Å². The van der Waals surface area contributed by atoms with Crippen molar-refractivity contribution in [2.75, 3.05) is 7.11 Å². The molecule has 5 nitrogen and oxygen atoms in total. The Hall–Kier alpha value is -1.46. The van der Waals surface area contributed by atoms with Gasteiger partial charge in [0, 0.05) is 24.5 Å². The summed E-state index contributed by atoms with van der Waals surface area (Å²) in [7, 11) is 1.20. The van der Waals surface area contributed by atoms with Gasteiger partial charge in [0.1, 0.15) is 0 Å². The highest BCUT2D eigenvalue weighted by Crippen LogP contribution is 2.50. The molecule has 1 saturated carbocycles. The Kier molecular flexibility index (Phi) is 2.83. The van der Waals surface area contributed by atoms with Crippen LogP contribution in [-0.2, 0) is 9.53 Å². The number of benzene rings is 1. The molecular formula is C13H13ClO5. The molecule has 1 atom stereocenters. The van der Waals surface area contributed by atoms with Crippen molar-refractivity contribution >= 4 is 17.6 Å². The Morgan fingerprint density at radius 2 is 2.05 bits per heavy atom. The highest BCUT2D eigenvalue weighted by atomic mass is 35.5. The van der Waals surface area contributed by atoms with Gasteiger partial charge < -0.3 is 19.3 Å². The fraction of sp³-hybridized carbons (Fsp3) is 0.462. The van der Waals surface area contributed by atoms with E-state index >= 15 is 0 Å². The minimum atomic E-state index is -1.43. The zero-order valence-corrected chi connectivity index (χ0v) is 11.1. The predicted octanol–water partition coefficient (Wildman–Crippen LogP) is 2.20. The number of fused-ring (bicyclic) bond motifs is 1. The number of carbonyl (C=O) groups is 1. The number of methoxy groups -OCH3 is 1. The summed E-state index contributed by atoms with van der Waals surface area (Å²) >= 11 is 6.05. The van der Waals surface area contributed by atoms with Crippen LogP contribution in [0.5, 0.6) is 11.5 Å². The van der Waals surface area contributed by atoms with E-state index in [2.05, 4.69) is 4.74 Å². The molecule has 0 bridgehead atoms. The second-order valence-corrected chi connectivity index (χ2v) is 5.12. The SMILES string of the molecule is COC(=O)C(O)c1cc2c(cc1Cl)OC1(CCC1)O2. The van der Waals surface area contributed by atoms with E-state index in [1.807, 2.05) is 0 Å². The molecular weight excluding hydrogens is 272 g/mol. The summed E-state index contributed by atoms with van der Waals surface area (Å²) in [6, 6.07) is 3.10. The normalized spacial score (nSPS) is 19.9. The molecule has 1 aromatic rings. The number of esters is 1. The van der Waals surface area contributed by atoms with Gasteiger partial charge in [0.2, 0.25) is 0 Å². The van der Waals surface area contributed by atoms with Crippen LogP contribution in [0.15, 0.2) is 12.1 Å². The second kappa shape index (κ2) is 4.28. The Bertz CT molecular complexity index is 538. The molecule has 0 radical (unpaired) electrons. The first-order valence-electron chi connectivity index (χ1n) is 6.02. The zero-order valence-electron chi connectivity index (χ0n) is 10.3. The smallest absolute Gasteiger partial charge is 0.339 e. The average Bonchev–Trinajstić information content (AvgIpc) is 2.74. The van der Waals surface area contributed by atoms with Crippen molar-refractivity contribution in [3.8, 4) is 11.5 Å². The lowest BCUT2D eigenvalue weighted by molar-refractivity contribution is -0.150. The molecule has 0 aromatic heterocycles. The molecule has 1 spiro atoms. The maximum Gasteiger partial charge on any atom is 0.339 e. The van der Waals surface area contributed by atoms with Crippen molar-refractivity contribution in [3.63, 3.8) is 0 Å². The van der Waals surface area contributed by atoms with Crippen molar-refractivity contribution < 1.29 is 24.1 Å². The van der Waals surface area contributed by atoms with Crippen LogP contribution < -0.4 is 9.47 Å². The van der Waals surface area contributed by atoms with Crippen LogP contribution in [0.1, 0.15) is 30.9 Å². The highest BCUT2D eigenvalue weighted by molar-refractivity contribution is 6.31. The lowest BCUT2D eigenvalue weighted by atomic mass is 9.91. The van der Waals surface area contributed by atoms with E-state index in [1.165, 1.54) is 13.2 Å². The quantitative estimate of drug-likeness (QED) is 0.844. The number of hydrogen-bond donors (Lipinski definition) is 1. The topological polar surface area (TPSA) is 65.0 Å². The van der Waals surface area contributed by atoms with E-state index in [4.69, 9.17) is 21.1 Å². The summed E-state index contributed by atoms with van der Waals surface area (Å²) < 4.78 is 16.0. The molecule has 3 rings (SSSR count). The van der Waals surface area contributed by atoms with Gasteiger partial charge in [0.05, 0.1) is 12.1 Å². The lowest BCUT2D eigenvalue weighted by Crippen LogP contribution is -2.45. The fourth-order valence-corrected chi connectivity index (χ4v) is 2.51. The van der Waals surface area contributed by atoms with E-state index in [0.29, 0.717) is 11.5 Å². The number of aliphatic hydroxyl groups is 1. The number of hydrogen-bond acceptors (Lipinski definition) is 5. The summed E-state index contributed by atoms with van der Waals surface area (Å²) in [5.74, 6) is -0.285. The molecule has 1 unspecified atom stereocenters. The summed E-state index contributed by atoms with van der Waals surface area (Å²) in [6.45, 7) is 0. The lowest BCUT2D eigenvalue weighted by Gasteiger charge is -2.35. The number of carbonyl (C=O) groups excluding carboxylic acids is 1. The summed E-state index contributed by atoms with van der Waals surface area (Å²) in [5.41, 5.74) is 0.257. The molecule has 19 heavy (non-hydrogen) atoms. The Morgan fingerprint density at radius 1 is 1.42 bits per heavy atom. The average molecular weight is 285 g/mol. The van der Waals surface area contributed by atoms with Crippen LogP contribution in [0, 0.1) is 0 Å².